The molecule has 0 unspecified atom stereocenters. The molecule has 3 N–H and O–H groups in total. The molecule has 26 heavy (non-hydrogen) atoms. The lowest BCUT2D eigenvalue weighted by Crippen LogP contribution is -2.14. The average molecular weight is 387 g/mol. The molecule has 0 saturated carbocycles. The van der Waals surface area contributed by atoms with Gasteiger partial charge in [0.2, 0.25) is 5.91 Å². The smallest absolute Gasteiger partial charge is 0.261 e. The van der Waals surface area contributed by atoms with E-state index in [2.05, 4.69) is 15.3 Å². The summed E-state index contributed by atoms with van der Waals surface area (Å²) in [5, 5.41) is 3.48. The fourth-order valence-electron chi connectivity index (χ4n) is 2.49. The number of aromatic nitrogens is 2. The Morgan fingerprint density at radius 3 is 2.62 bits per heavy atom. The molecule has 0 saturated heterocycles. The number of nitrogens with two attached hydrogens (primary N) is 1. The molecule has 3 aromatic rings. The maximum atomic E-state index is 12.2. The number of primary amides is 1. The van der Waals surface area contributed by atoms with E-state index in [-0.39, 0.29) is 17.2 Å². The Bertz CT molecular complexity index is 952. The molecule has 2 aromatic heterocycles. The highest BCUT2D eigenvalue weighted by Crippen LogP contribution is 2.36. The number of thiazole rings is 1. The van der Waals surface area contributed by atoms with Crippen LogP contribution in [0.4, 0.5) is 5.13 Å². The van der Waals surface area contributed by atoms with Crippen LogP contribution in [0.5, 0.6) is 0 Å². The van der Waals surface area contributed by atoms with Crippen molar-refractivity contribution < 1.29 is 9.59 Å². The third kappa shape index (κ3) is 3.89. The molecule has 0 spiro atoms. The molecule has 0 aliphatic rings. The van der Waals surface area contributed by atoms with E-state index >= 15 is 0 Å². The lowest BCUT2D eigenvalue weighted by atomic mass is 10.0. The summed E-state index contributed by atoms with van der Waals surface area (Å²) in [5.74, 6) is -0.866. The number of aryl methyl sites for hydroxylation is 1. The molecule has 2 heterocycles. The minimum atomic E-state index is -0.619. The highest BCUT2D eigenvalue weighted by molar-refractivity contribution is 7.18. The number of anilines is 1. The van der Waals surface area contributed by atoms with Crippen LogP contribution in [-0.2, 0) is 11.2 Å². The molecule has 8 heteroatoms. The molecule has 0 bridgehead atoms. The van der Waals surface area contributed by atoms with Gasteiger partial charge in [-0.05, 0) is 36.2 Å². The number of nitrogens with one attached hydrogen (secondary N) is 1. The number of hydrogen-bond acceptors (Lipinski definition) is 5. The van der Waals surface area contributed by atoms with Gasteiger partial charge < -0.3 is 11.1 Å². The van der Waals surface area contributed by atoms with Gasteiger partial charge in [0, 0.05) is 18.0 Å². The lowest BCUT2D eigenvalue weighted by molar-refractivity contribution is -0.115. The summed E-state index contributed by atoms with van der Waals surface area (Å²) in [7, 11) is 0. The van der Waals surface area contributed by atoms with Gasteiger partial charge in [0.1, 0.15) is 4.88 Å². The van der Waals surface area contributed by atoms with Crippen molar-refractivity contribution in [3.05, 3.63) is 63.8 Å². The van der Waals surface area contributed by atoms with Gasteiger partial charge >= 0.3 is 0 Å². The minimum absolute atomic E-state index is 0.175. The number of hydrogen-bond donors (Lipinski definition) is 2. The first-order valence-electron chi connectivity index (χ1n) is 7.70. The summed E-state index contributed by atoms with van der Waals surface area (Å²) < 4.78 is 0. The Labute approximate surface area is 159 Å². The molecule has 0 atom stereocenters. The zero-order valence-electron chi connectivity index (χ0n) is 13.8. The lowest BCUT2D eigenvalue weighted by Gasteiger charge is -2.06. The Hall–Kier alpha value is -2.77. The molecule has 0 radical (unpaired) electrons. The van der Waals surface area contributed by atoms with E-state index in [9.17, 15) is 9.59 Å². The van der Waals surface area contributed by atoms with Crippen molar-refractivity contribution in [2.45, 2.75) is 13.3 Å². The van der Waals surface area contributed by atoms with Gasteiger partial charge in [0.25, 0.3) is 5.91 Å². The summed E-state index contributed by atoms with van der Waals surface area (Å²) in [6.45, 7) is 1.87. The molecule has 3 rings (SSSR count). The fourth-order valence-corrected chi connectivity index (χ4v) is 3.64. The monoisotopic (exact) mass is 386 g/mol. The van der Waals surface area contributed by atoms with Crippen LogP contribution in [-0.4, -0.2) is 21.8 Å². The molecule has 0 fully saturated rings. The third-order valence-corrected chi connectivity index (χ3v) is 4.97. The summed E-state index contributed by atoms with van der Waals surface area (Å²) in [6, 6.07) is 8.92. The van der Waals surface area contributed by atoms with Gasteiger partial charge in [-0.1, -0.05) is 35.1 Å². The van der Waals surface area contributed by atoms with Crippen molar-refractivity contribution >= 4 is 39.9 Å². The SMILES string of the molecule is Cc1cccc(Cl)c1-c1nc(NC(=O)Cc2ccncc2)sc1C(N)=O. The standard InChI is InChI=1S/C18H15ClN4O2S/c1-10-3-2-4-12(19)14(10)15-16(17(20)25)26-18(23-15)22-13(24)9-11-5-7-21-8-6-11/h2-8H,9H2,1H3,(H2,20,25)(H,22,23,24). The van der Waals surface area contributed by atoms with Crippen LogP contribution in [0, 0.1) is 6.92 Å². The maximum Gasteiger partial charge on any atom is 0.261 e. The number of carbonyl (C=O) groups excluding carboxylic acids is 2. The molecule has 132 valence electrons. The van der Waals surface area contributed by atoms with Gasteiger partial charge in [0.15, 0.2) is 5.13 Å². The van der Waals surface area contributed by atoms with E-state index in [0.29, 0.717) is 21.4 Å². The summed E-state index contributed by atoms with van der Waals surface area (Å²) >= 11 is 7.31. The summed E-state index contributed by atoms with van der Waals surface area (Å²) in [6.07, 6.45) is 3.42. The van der Waals surface area contributed by atoms with Crippen LogP contribution >= 0.6 is 22.9 Å². The minimum Gasteiger partial charge on any atom is -0.365 e. The quantitative estimate of drug-likeness (QED) is 0.701. The Balaban J connectivity index is 1.90. The normalized spacial score (nSPS) is 10.5. The van der Waals surface area contributed by atoms with Crippen molar-refractivity contribution in [3.8, 4) is 11.3 Å². The van der Waals surface area contributed by atoms with E-state index in [1.165, 1.54) is 0 Å². The maximum absolute atomic E-state index is 12.2. The Kier molecular flexibility index (Phi) is 5.29. The van der Waals surface area contributed by atoms with Crippen LogP contribution in [0.2, 0.25) is 5.02 Å². The first-order valence-corrected chi connectivity index (χ1v) is 8.90. The Morgan fingerprint density at radius 2 is 1.96 bits per heavy atom. The van der Waals surface area contributed by atoms with Gasteiger partial charge in [-0.25, -0.2) is 4.98 Å². The van der Waals surface area contributed by atoms with E-state index in [1.807, 2.05) is 19.1 Å². The largest absolute Gasteiger partial charge is 0.365 e. The topological polar surface area (TPSA) is 98.0 Å². The molecule has 1 aromatic carbocycles. The third-order valence-electron chi connectivity index (χ3n) is 3.67. The number of carbonyl (C=O) groups is 2. The second-order valence-corrected chi connectivity index (χ2v) is 6.98. The Morgan fingerprint density at radius 1 is 1.23 bits per heavy atom. The van der Waals surface area contributed by atoms with Crippen molar-refractivity contribution in [2.24, 2.45) is 5.73 Å². The number of rotatable bonds is 5. The van der Waals surface area contributed by atoms with E-state index in [1.54, 1.807) is 30.6 Å². The molecule has 0 aliphatic carbocycles. The molecule has 2 amide bonds. The fraction of sp³-hybridized carbons (Fsp3) is 0.111. The number of amides is 2. The van der Waals surface area contributed by atoms with Crippen molar-refractivity contribution in [1.82, 2.24) is 9.97 Å². The van der Waals surface area contributed by atoms with Gasteiger partial charge in [0.05, 0.1) is 17.1 Å². The molecular formula is C18H15ClN4O2S. The average Bonchev–Trinajstić information content (AvgIpc) is 2.99. The van der Waals surface area contributed by atoms with Crippen LogP contribution in [0.1, 0.15) is 20.8 Å². The van der Waals surface area contributed by atoms with Crippen molar-refractivity contribution in [1.29, 1.82) is 0 Å². The van der Waals surface area contributed by atoms with E-state index in [0.717, 1.165) is 22.5 Å². The summed E-state index contributed by atoms with van der Waals surface area (Å²) in [5.41, 5.74) is 8.19. The number of halogens is 1. The van der Waals surface area contributed by atoms with Gasteiger partial charge in [-0.2, -0.15) is 0 Å². The van der Waals surface area contributed by atoms with Crippen LogP contribution in [0.3, 0.4) is 0 Å². The van der Waals surface area contributed by atoms with Crippen LogP contribution < -0.4 is 11.1 Å². The van der Waals surface area contributed by atoms with E-state index in [4.69, 9.17) is 17.3 Å². The zero-order chi connectivity index (χ0) is 18.7. The highest BCUT2D eigenvalue weighted by Gasteiger charge is 2.21. The number of nitrogens with zero attached hydrogens (tertiary/aromatic N) is 2. The summed E-state index contributed by atoms with van der Waals surface area (Å²) in [4.78, 5) is 32.6. The molecular weight excluding hydrogens is 372 g/mol. The van der Waals surface area contributed by atoms with E-state index < -0.39 is 5.91 Å². The predicted molar refractivity (Wildman–Crippen MR) is 102 cm³/mol. The second-order valence-electron chi connectivity index (χ2n) is 5.57. The highest BCUT2D eigenvalue weighted by atomic mass is 35.5. The zero-order valence-corrected chi connectivity index (χ0v) is 15.4. The predicted octanol–water partition coefficient (Wildman–Crippen LogP) is 3.45. The van der Waals surface area contributed by atoms with Crippen molar-refractivity contribution in [3.63, 3.8) is 0 Å². The first kappa shape index (κ1) is 18.0. The molecule has 0 aliphatic heterocycles. The second kappa shape index (κ2) is 7.63. The first-order chi connectivity index (χ1) is 12.5. The van der Waals surface area contributed by atoms with Gasteiger partial charge in [-0.3, -0.25) is 14.6 Å². The molecule has 6 nitrogen and oxygen atoms in total. The van der Waals surface area contributed by atoms with Crippen LogP contribution in [0.25, 0.3) is 11.3 Å². The number of pyridine rings is 1. The van der Waals surface area contributed by atoms with Crippen LogP contribution in [0.15, 0.2) is 42.7 Å². The van der Waals surface area contributed by atoms with Crippen molar-refractivity contribution in [2.75, 3.05) is 5.32 Å². The number of benzene rings is 1. The van der Waals surface area contributed by atoms with Gasteiger partial charge in [-0.15, -0.1) is 0 Å².